The maximum absolute atomic E-state index is 12.5. The van der Waals surface area contributed by atoms with Gasteiger partial charge in [-0.3, -0.25) is 9.89 Å². The Morgan fingerprint density at radius 3 is 2.48 bits per heavy atom. The molecule has 116 valence electrons. The predicted molar refractivity (Wildman–Crippen MR) is 85.8 cm³/mol. The summed E-state index contributed by atoms with van der Waals surface area (Å²) in [5, 5.41) is 9.96. The number of hydrogen-bond donors (Lipinski definition) is 2. The summed E-state index contributed by atoms with van der Waals surface area (Å²) in [6, 6.07) is 14.5. The Morgan fingerprint density at radius 2 is 1.83 bits per heavy atom. The molecule has 0 spiro atoms. The molecule has 3 rings (SSSR count). The Kier molecular flexibility index (Phi) is 4.14. The second kappa shape index (κ2) is 6.39. The molecule has 2 heterocycles. The van der Waals surface area contributed by atoms with Crippen molar-refractivity contribution in [1.29, 1.82) is 0 Å². The summed E-state index contributed by atoms with van der Waals surface area (Å²) < 4.78 is 0. The summed E-state index contributed by atoms with van der Waals surface area (Å²) in [7, 11) is 0. The van der Waals surface area contributed by atoms with Crippen LogP contribution in [0.25, 0.3) is 0 Å². The number of carbonyl (C=O) groups is 1. The largest absolute Gasteiger partial charge is 0.337 e. The van der Waals surface area contributed by atoms with Crippen LogP contribution in [0.4, 0.5) is 0 Å². The molecule has 1 aromatic carbocycles. The van der Waals surface area contributed by atoms with Crippen LogP contribution in [0, 0.1) is 13.8 Å². The van der Waals surface area contributed by atoms with Crippen molar-refractivity contribution in [1.82, 2.24) is 25.5 Å². The molecule has 3 aromatic rings. The van der Waals surface area contributed by atoms with Crippen LogP contribution in [0.1, 0.15) is 39.4 Å². The number of pyridine rings is 1. The fourth-order valence-electron chi connectivity index (χ4n) is 2.31. The third kappa shape index (κ3) is 3.42. The van der Waals surface area contributed by atoms with E-state index in [2.05, 4.69) is 25.5 Å². The van der Waals surface area contributed by atoms with Crippen molar-refractivity contribution >= 4 is 5.91 Å². The van der Waals surface area contributed by atoms with Gasteiger partial charge < -0.3 is 5.32 Å². The van der Waals surface area contributed by atoms with Crippen LogP contribution < -0.4 is 5.32 Å². The standard InChI is InChI=1S/C17H17N5O/c1-11-7-6-10-14(18-11)17(23)20-15(13-8-4-3-5-9-13)16-19-12(2)21-22-16/h3-10,15H,1-2H3,(H,20,23)(H,19,21,22). The quantitative estimate of drug-likeness (QED) is 0.775. The first-order valence-corrected chi connectivity index (χ1v) is 7.32. The number of aromatic nitrogens is 4. The molecule has 0 saturated carbocycles. The highest BCUT2D eigenvalue weighted by molar-refractivity contribution is 5.92. The van der Waals surface area contributed by atoms with E-state index in [9.17, 15) is 4.79 Å². The summed E-state index contributed by atoms with van der Waals surface area (Å²) >= 11 is 0. The molecule has 1 atom stereocenters. The van der Waals surface area contributed by atoms with Gasteiger partial charge in [0.2, 0.25) is 0 Å². The van der Waals surface area contributed by atoms with Crippen LogP contribution in [-0.4, -0.2) is 26.1 Å². The molecule has 0 aliphatic rings. The van der Waals surface area contributed by atoms with Crippen molar-refractivity contribution in [2.45, 2.75) is 19.9 Å². The summed E-state index contributed by atoms with van der Waals surface area (Å²) in [5.41, 5.74) is 2.08. The van der Waals surface area contributed by atoms with Crippen LogP contribution in [-0.2, 0) is 0 Å². The van der Waals surface area contributed by atoms with E-state index in [1.165, 1.54) is 0 Å². The number of aromatic amines is 1. The topological polar surface area (TPSA) is 83.6 Å². The molecule has 0 bridgehead atoms. The minimum atomic E-state index is -0.434. The smallest absolute Gasteiger partial charge is 0.270 e. The van der Waals surface area contributed by atoms with Crippen LogP contribution in [0.3, 0.4) is 0 Å². The number of rotatable bonds is 4. The second-order valence-corrected chi connectivity index (χ2v) is 5.26. The molecule has 0 aliphatic heterocycles. The highest BCUT2D eigenvalue weighted by Gasteiger charge is 2.22. The van der Waals surface area contributed by atoms with Crippen molar-refractivity contribution in [3.05, 3.63) is 77.1 Å². The zero-order chi connectivity index (χ0) is 16.2. The average molecular weight is 307 g/mol. The van der Waals surface area contributed by atoms with Gasteiger partial charge in [-0.25, -0.2) is 9.97 Å². The molecular formula is C17H17N5O. The first-order valence-electron chi connectivity index (χ1n) is 7.32. The molecule has 0 fully saturated rings. The Bertz CT molecular complexity index is 813. The SMILES string of the molecule is Cc1cccc(C(=O)NC(c2ccccc2)c2n[nH]c(C)n2)n1. The van der Waals surface area contributed by atoms with Gasteiger partial charge in [0.25, 0.3) is 5.91 Å². The van der Waals surface area contributed by atoms with Crippen LogP contribution in [0.15, 0.2) is 48.5 Å². The van der Waals surface area contributed by atoms with E-state index in [1.807, 2.05) is 56.3 Å². The van der Waals surface area contributed by atoms with Gasteiger partial charge >= 0.3 is 0 Å². The predicted octanol–water partition coefficient (Wildman–Crippen LogP) is 2.34. The molecule has 1 unspecified atom stereocenters. The van der Waals surface area contributed by atoms with E-state index >= 15 is 0 Å². The minimum absolute atomic E-state index is 0.259. The number of nitrogens with zero attached hydrogens (tertiary/aromatic N) is 3. The fraction of sp³-hybridized carbons (Fsp3) is 0.176. The number of aryl methyl sites for hydroxylation is 2. The van der Waals surface area contributed by atoms with Gasteiger partial charge in [0.15, 0.2) is 5.82 Å². The molecule has 0 aliphatic carbocycles. The van der Waals surface area contributed by atoms with E-state index in [-0.39, 0.29) is 5.91 Å². The highest BCUT2D eigenvalue weighted by atomic mass is 16.1. The fourth-order valence-corrected chi connectivity index (χ4v) is 2.31. The monoisotopic (exact) mass is 307 g/mol. The van der Waals surface area contributed by atoms with Gasteiger partial charge in [0.1, 0.15) is 17.6 Å². The Morgan fingerprint density at radius 1 is 1.04 bits per heavy atom. The molecule has 2 aromatic heterocycles. The molecule has 0 radical (unpaired) electrons. The number of H-pyrrole nitrogens is 1. The Hall–Kier alpha value is -3.02. The van der Waals surface area contributed by atoms with Gasteiger partial charge in [-0.1, -0.05) is 36.4 Å². The van der Waals surface area contributed by atoms with Gasteiger partial charge in [0.05, 0.1) is 0 Å². The highest BCUT2D eigenvalue weighted by Crippen LogP contribution is 2.19. The number of amides is 1. The molecule has 6 nitrogen and oxygen atoms in total. The van der Waals surface area contributed by atoms with Crippen molar-refractivity contribution < 1.29 is 4.79 Å². The van der Waals surface area contributed by atoms with Gasteiger partial charge in [-0.05, 0) is 31.5 Å². The Balaban J connectivity index is 1.92. The lowest BCUT2D eigenvalue weighted by molar-refractivity contribution is 0.0936. The minimum Gasteiger partial charge on any atom is -0.337 e. The third-order valence-electron chi connectivity index (χ3n) is 3.40. The second-order valence-electron chi connectivity index (χ2n) is 5.26. The number of hydrogen-bond acceptors (Lipinski definition) is 4. The zero-order valence-electron chi connectivity index (χ0n) is 12.9. The first-order chi connectivity index (χ1) is 11.1. The maximum Gasteiger partial charge on any atom is 0.270 e. The number of nitrogens with one attached hydrogen (secondary N) is 2. The maximum atomic E-state index is 12.5. The van der Waals surface area contributed by atoms with E-state index in [0.29, 0.717) is 17.3 Å². The van der Waals surface area contributed by atoms with Crippen molar-refractivity contribution in [3.8, 4) is 0 Å². The zero-order valence-corrected chi connectivity index (χ0v) is 12.9. The molecular weight excluding hydrogens is 290 g/mol. The lowest BCUT2D eigenvalue weighted by Crippen LogP contribution is -2.30. The van der Waals surface area contributed by atoms with Crippen molar-refractivity contribution in [3.63, 3.8) is 0 Å². The summed E-state index contributed by atoms with van der Waals surface area (Å²) in [6.45, 7) is 3.67. The molecule has 6 heteroatoms. The molecule has 23 heavy (non-hydrogen) atoms. The average Bonchev–Trinajstić information content (AvgIpc) is 2.99. The van der Waals surface area contributed by atoms with Crippen molar-refractivity contribution in [2.75, 3.05) is 0 Å². The first kappa shape index (κ1) is 14.9. The van der Waals surface area contributed by atoms with E-state index in [1.54, 1.807) is 6.07 Å². The normalized spacial score (nSPS) is 11.9. The van der Waals surface area contributed by atoms with E-state index in [0.717, 1.165) is 11.3 Å². The van der Waals surface area contributed by atoms with Gasteiger partial charge in [-0.15, -0.1) is 0 Å². The van der Waals surface area contributed by atoms with Crippen LogP contribution in [0.5, 0.6) is 0 Å². The van der Waals surface area contributed by atoms with Crippen LogP contribution in [0.2, 0.25) is 0 Å². The number of benzene rings is 1. The molecule has 0 saturated heterocycles. The summed E-state index contributed by atoms with van der Waals surface area (Å²) in [5.74, 6) is 0.962. The summed E-state index contributed by atoms with van der Waals surface area (Å²) in [6.07, 6.45) is 0. The lowest BCUT2D eigenvalue weighted by Gasteiger charge is -2.16. The Labute approximate surface area is 134 Å². The van der Waals surface area contributed by atoms with Gasteiger partial charge in [0, 0.05) is 5.69 Å². The molecule has 2 N–H and O–H groups in total. The summed E-state index contributed by atoms with van der Waals surface area (Å²) in [4.78, 5) is 21.1. The van der Waals surface area contributed by atoms with E-state index < -0.39 is 6.04 Å². The van der Waals surface area contributed by atoms with E-state index in [4.69, 9.17) is 0 Å². The third-order valence-corrected chi connectivity index (χ3v) is 3.40. The number of carbonyl (C=O) groups excluding carboxylic acids is 1. The lowest BCUT2D eigenvalue weighted by atomic mass is 10.1. The van der Waals surface area contributed by atoms with Gasteiger partial charge in [-0.2, -0.15) is 5.10 Å². The molecule has 1 amide bonds. The van der Waals surface area contributed by atoms with Crippen LogP contribution >= 0.6 is 0 Å². The van der Waals surface area contributed by atoms with Crippen molar-refractivity contribution in [2.24, 2.45) is 0 Å².